The fraction of sp³-hybridized carbons (Fsp3) is 0.286. The Balaban J connectivity index is 2.55. The highest BCUT2D eigenvalue weighted by Gasteiger charge is 2.32. The van der Waals surface area contributed by atoms with Crippen LogP contribution in [0.5, 0.6) is 0 Å². The third-order valence-corrected chi connectivity index (χ3v) is 2.91. The average molecular weight is 232 g/mol. The lowest BCUT2D eigenvalue weighted by molar-refractivity contribution is -0.364. The summed E-state index contributed by atoms with van der Waals surface area (Å²) >= 11 is 0. The van der Waals surface area contributed by atoms with Crippen LogP contribution in [0.4, 0.5) is 0 Å². The highest BCUT2D eigenvalue weighted by Crippen LogP contribution is 2.29. The second-order valence-electron chi connectivity index (χ2n) is 3.73. The summed E-state index contributed by atoms with van der Waals surface area (Å²) in [4.78, 5) is 0. The molecule has 0 amide bonds. The summed E-state index contributed by atoms with van der Waals surface area (Å²) < 4.78 is 16.0. The number of ether oxygens (including phenoxy) is 3. The van der Waals surface area contributed by atoms with Crippen LogP contribution in [0.15, 0.2) is 42.5 Å². The van der Waals surface area contributed by atoms with Crippen LogP contribution in [-0.4, -0.2) is 21.3 Å². The van der Waals surface area contributed by atoms with E-state index in [1.54, 1.807) is 21.3 Å². The van der Waals surface area contributed by atoms with Crippen molar-refractivity contribution in [3.05, 3.63) is 48.0 Å². The molecule has 0 radical (unpaired) electrons. The summed E-state index contributed by atoms with van der Waals surface area (Å²) in [5.74, 6) is -1.13. The van der Waals surface area contributed by atoms with Crippen LogP contribution in [-0.2, 0) is 20.2 Å². The summed E-state index contributed by atoms with van der Waals surface area (Å²) in [5.41, 5.74) is 0.837. The zero-order valence-electron chi connectivity index (χ0n) is 10.3. The van der Waals surface area contributed by atoms with Crippen LogP contribution in [0.2, 0.25) is 0 Å². The second-order valence-corrected chi connectivity index (χ2v) is 3.73. The zero-order valence-corrected chi connectivity index (χ0v) is 10.3. The first-order valence-electron chi connectivity index (χ1n) is 5.40. The molecule has 0 bridgehead atoms. The fourth-order valence-electron chi connectivity index (χ4n) is 1.98. The van der Waals surface area contributed by atoms with Gasteiger partial charge in [-0.25, -0.2) is 0 Å². The quantitative estimate of drug-likeness (QED) is 0.759. The van der Waals surface area contributed by atoms with Gasteiger partial charge in [0, 0.05) is 26.9 Å². The van der Waals surface area contributed by atoms with Gasteiger partial charge in [0.2, 0.25) is 0 Å². The van der Waals surface area contributed by atoms with E-state index in [2.05, 4.69) is 6.07 Å². The first-order chi connectivity index (χ1) is 8.25. The highest BCUT2D eigenvalue weighted by molar-refractivity contribution is 5.83. The SMILES string of the molecule is COC(OC)(OC)c1ccc2ccccc2c1. The first kappa shape index (κ1) is 12.0. The van der Waals surface area contributed by atoms with Gasteiger partial charge in [-0.2, -0.15) is 0 Å². The summed E-state index contributed by atoms with van der Waals surface area (Å²) in [6, 6.07) is 14.1. The molecule has 2 aromatic rings. The molecule has 0 fully saturated rings. The molecule has 0 aliphatic rings. The summed E-state index contributed by atoms with van der Waals surface area (Å²) in [7, 11) is 4.67. The van der Waals surface area contributed by atoms with E-state index in [1.807, 2.05) is 36.4 Å². The molecular formula is C14H16O3. The number of hydrogen-bond acceptors (Lipinski definition) is 3. The van der Waals surface area contributed by atoms with Gasteiger partial charge in [-0.05, 0) is 16.8 Å². The Hall–Kier alpha value is -1.42. The molecule has 0 saturated carbocycles. The Labute approximate surface area is 101 Å². The predicted octanol–water partition coefficient (Wildman–Crippen LogP) is 2.89. The first-order valence-corrected chi connectivity index (χ1v) is 5.40. The Morgan fingerprint density at radius 1 is 0.765 bits per heavy atom. The molecule has 0 spiro atoms. The Morgan fingerprint density at radius 3 is 1.94 bits per heavy atom. The fourth-order valence-corrected chi connectivity index (χ4v) is 1.98. The summed E-state index contributed by atoms with van der Waals surface area (Å²) in [6.07, 6.45) is 0. The molecule has 0 aliphatic heterocycles. The maximum Gasteiger partial charge on any atom is 0.311 e. The van der Waals surface area contributed by atoms with E-state index >= 15 is 0 Å². The van der Waals surface area contributed by atoms with Crippen molar-refractivity contribution < 1.29 is 14.2 Å². The monoisotopic (exact) mass is 232 g/mol. The van der Waals surface area contributed by atoms with E-state index in [-0.39, 0.29) is 0 Å². The van der Waals surface area contributed by atoms with Gasteiger partial charge in [0.25, 0.3) is 0 Å². The van der Waals surface area contributed by atoms with E-state index in [0.29, 0.717) is 0 Å². The average Bonchev–Trinajstić information content (AvgIpc) is 2.41. The molecule has 0 aliphatic carbocycles. The number of hydrogen-bond donors (Lipinski definition) is 0. The van der Waals surface area contributed by atoms with E-state index in [4.69, 9.17) is 14.2 Å². The van der Waals surface area contributed by atoms with Gasteiger partial charge in [-0.15, -0.1) is 0 Å². The minimum atomic E-state index is -1.13. The lowest BCUT2D eigenvalue weighted by Gasteiger charge is -2.29. The van der Waals surface area contributed by atoms with Gasteiger partial charge in [0.15, 0.2) is 0 Å². The van der Waals surface area contributed by atoms with Crippen LogP contribution in [0, 0.1) is 0 Å². The molecule has 0 N–H and O–H groups in total. The number of methoxy groups -OCH3 is 3. The van der Waals surface area contributed by atoms with Crippen molar-refractivity contribution in [1.29, 1.82) is 0 Å². The molecule has 2 rings (SSSR count). The van der Waals surface area contributed by atoms with Gasteiger partial charge in [-0.3, -0.25) is 0 Å². The van der Waals surface area contributed by atoms with Crippen molar-refractivity contribution in [3.8, 4) is 0 Å². The molecule has 17 heavy (non-hydrogen) atoms. The van der Waals surface area contributed by atoms with E-state index in [1.165, 1.54) is 5.39 Å². The minimum absolute atomic E-state index is 0.837. The van der Waals surface area contributed by atoms with Crippen molar-refractivity contribution >= 4 is 10.8 Å². The smallest absolute Gasteiger partial charge is 0.311 e. The predicted molar refractivity (Wildman–Crippen MR) is 66.7 cm³/mol. The maximum absolute atomic E-state index is 5.33. The molecular weight excluding hydrogens is 216 g/mol. The molecule has 90 valence electrons. The van der Waals surface area contributed by atoms with Crippen molar-refractivity contribution in [2.75, 3.05) is 21.3 Å². The zero-order chi connectivity index (χ0) is 12.3. The molecule has 0 unspecified atom stereocenters. The highest BCUT2D eigenvalue weighted by atomic mass is 16.9. The molecule has 0 atom stereocenters. The van der Waals surface area contributed by atoms with Crippen molar-refractivity contribution in [3.63, 3.8) is 0 Å². The largest absolute Gasteiger partial charge is 0.327 e. The van der Waals surface area contributed by atoms with Crippen molar-refractivity contribution in [2.24, 2.45) is 0 Å². The molecule has 3 nitrogen and oxygen atoms in total. The van der Waals surface area contributed by atoms with Crippen molar-refractivity contribution in [2.45, 2.75) is 5.97 Å². The molecule has 2 aromatic carbocycles. The van der Waals surface area contributed by atoms with E-state index in [0.717, 1.165) is 10.9 Å². The summed E-state index contributed by atoms with van der Waals surface area (Å²) in [5, 5.41) is 2.30. The van der Waals surface area contributed by atoms with Gasteiger partial charge >= 0.3 is 5.97 Å². The van der Waals surface area contributed by atoms with Gasteiger partial charge in [0.05, 0.1) is 0 Å². The van der Waals surface area contributed by atoms with Gasteiger partial charge in [0.1, 0.15) is 0 Å². The van der Waals surface area contributed by atoms with Crippen molar-refractivity contribution in [1.82, 2.24) is 0 Å². The Kier molecular flexibility index (Phi) is 3.43. The van der Waals surface area contributed by atoms with Crippen LogP contribution >= 0.6 is 0 Å². The second kappa shape index (κ2) is 4.84. The molecule has 3 heteroatoms. The number of fused-ring (bicyclic) bond motifs is 1. The minimum Gasteiger partial charge on any atom is -0.327 e. The van der Waals surface area contributed by atoms with Crippen LogP contribution in [0.1, 0.15) is 5.56 Å². The van der Waals surface area contributed by atoms with E-state index in [9.17, 15) is 0 Å². The Morgan fingerprint density at radius 2 is 1.35 bits per heavy atom. The van der Waals surface area contributed by atoms with Gasteiger partial charge < -0.3 is 14.2 Å². The van der Waals surface area contributed by atoms with Gasteiger partial charge in [-0.1, -0.05) is 36.4 Å². The molecule has 0 aromatic heterocycles. The normalized spacial score (nSPS) is 11.9. The number of rotatable bonds is 4. The van der Waals surface area contributed by atoms with Crippen LogP contribution in [0.25, 0.3) is 10.8 Å². The lowest BCUT2D eigenvalue weighted by Crippen LogP contribution is -2.32. The maximum atomic E-state index is 5.33. The topological polar surface area (TPSA) is 27.7 Å². The van der Waals surface area contributed by atoms with Crippen LogP contribution < -0.4 is 0 Å². The molecule has 0 saturated heterocycles. The summed E-state index contributed by atoms with van der Waals surface area (Å²) in [6.45, 7) is 0. The third-order valence-electron chi connectivity index (χ3n) is 2.91. The number of benzene rings is 2. The molecule has 0 heterocycles. The Bertz CT molecular complexity index is 495. The third kappa shape index (κ3) is 2.05. The standard InChI is InChI=1S/C14H16O3/c1-15-14(16-2,17-3)13-9-8-11-6-4-5-7-12(11)10-13/h4-10H,1-3H3. The van der Waals surface area contributed by atoms with Crippen LogP contribution in [0.3, 0.4) is 0 Å². The van der Waals surface area contributed by atoms with E-state index < -0.39 is 5.97 Å². The lowest BCUT2D eigenvalue weighted by atomic mass is 10.1.